The first kappa shape index (κ1) is 18.7. The summed E-state index contributed by atoms with van der Waals surface area (Å²) >= 11 is 0. The molecule has 6 heteroatoms. The fourth-order valence-electron chi connectivity index (χ4n) is 2.57. The normalized spacial score (nSPS) is 14.0. The van der Waals surface area contributed by atoms with Crippen molar-refractivity contribution in [2.24, 2.45) is 7.05 Å². The van der Waals surface area contributed by atoms with Crippen LogP contribution in [0.25, 0.3) is 0 Å². The third-order valence-corrected chi connectivity index (χ3v) is 6.00. The maximum atomic E-state index is 12.9. The van der Waals surface area contributed by atoms with Crippen LogP contribution in [0.5, 0.6) is 0 Å². The summed E-state index contributed by atoms with van der Waals surface area (Å²) in [6.07, 6.45) is 3.49. The largest absolute Gasteiger partial charge is 0.275 e. The van der Waals surface area contributed by atoms with Gasteiger partial charge in [-0.2, -0.15) is 5.10 Å². The first-order valence-corrected chi connectivity index (χ1v) is 9.53. The molecule has 0 aliphatic heterocycles. The lowest BCUT2D eigenvalue weighted by Crippen LogP contribution is -2.28. The maximum Gasteiger partial charge on any atom is 0.241 e. The lowest BCUT2D eigenvalue weighted by atomic mass is 9.85. The molecule has 2 rings (SSSR count). The number of aryl methyl sites for hydroxylation is 2. The van der Waals surface area contributed by atoms with Crippen LogP contribution in [-0.2, 0) is 22.5 Å². The van der Waals surface area contributed by atoms with E-state index in [2.05, 4.69) is 36.7 Å². The van der Waals surface area contributed by atoms with Gasteiger partial charge in [0, 0.05) is 24.8 Å². The zero-order valence-electron chi connectivity index (χ0n) is 15.5. The Morgan fingerprint density at radius 1 is 1.21 bits per heavy atom. The van der Waals surface area contributed by atoms with E-state index in [1.807, 2.05) is 34.0 Å². The quantitative estimate of drug-likeness (QED) is 0.920. The number of hydrogen-bond acceptors (Lipinski definition) is 3. The van der Waals surface area contributed by atoms with Gasteiger partial charge in [0.05, 0.1) is 11.1 Å². The molecule has 1 aromatic carbocycles. The van der Waals surface area contributed by atoms with Crippen molar-refractivity contribution in [1.29, 1.82) is 0 Å². The van der Waals surface area contributed by atoms with Gasteiger partial charge in [0.2, 0.25) is 10.0 Å². The molecule has 1 atom stereocenters. The highest BCUT2D eigenvalue weighted by Gasteiger charge is 2.25. The van der Waals surface area contributed by atoms with Gasteiger partial charge in [0.1, 0.15) is 0 Å². The van der Waals surface area contributed by atoms with Gasteiger partial charge < -0.3 is 0 Å². The number of sulfonamides is 1. The minimum Gasteiger partial charge on any atom is -0.275 e. The molecule has 1 aromatic heterocycles. The van der Waals surface area contributed by atoms with Gasteiger partial charge in [-0.1, -0.05) is 26.8 Å². The van der Waals surface area contributed by atoms with Crippen molar-refractivity contribution in [2.45, 2.75) is 57.9 Å². The van der Waals surface area contributed by atoms with Gasteiger partial charge in [-0.3, -0.25) is 4.68 Å². The van der Waals surface area contributed by atoms with Crippen LogP contribution in [0.4, 0.5) is 0 Å². The van der Waals surface area contributed by atoms with Crippen LogP contribution in [0.15, 0.2) is 29.4 Å². The van der Waals surface area contributed by atoms with Crippen LogP contribution in [-0.4, -0.2) is 18.2 Å². The Bertz CT molecular complexity index is 846. The van der Waals surface area contributed by atoms with Gasteiger partial charge >= 0.3 is 0 Å². The van der Waals surface area contributed by atoms with Crippen molar-refractivity contribution in [3.63, 3.8) is 0 Å². The van der Waals surface area contributed by atoms with E-state index in [1.165, 1.54) is 0 Å². The summed E-state index contributed by atoms with van der Waals surface area (Å²) in [7, 11) is -1.81. The molecule has 5 nitrogen and oxygen atoms in total. The number of hydrogen-bond donors (Lipinski definition) is 1. The molecule has 0 amide bonds. The molecule has 0 bridgehead atoms. The minimum atomic E-state index is -3.62. The first-order chi connectivity index (χ1) is 10.9. The number of aromatic nitrogens is 2. The Morgan fingerprint density at radius 3 is 2.33 bits per heavy atom. The molecule has 0 aliphatic carbocycles. The summed E-state index contributed by atoms with van der Waals surface area (Å²) in [5, 5.41) is 4.10. The second kappa shape index (κ2) is 6.33. The molecule has 0 fully saturated rings. The molecular weight excluding hydrogens is 322 g/mol. The summed E-state index contributed by atoms with van der Waals surface area (Å²) in [6, 6.07) is 3.51. The van der Waals surface area contributed by atoms with Crippen LogP contribution < -0.4 is 4.72 Å². The van der Waals surface area contributed by atoms with Crippen LogP contribution in [0.3, 0.4) is 0 Å². The standard InChI is InChI=1S/C18H27N3O2S/c1-12-8-16(18(4,5)6)9-17(13(12)2)24(22,23)20-14(3)15-10-19-21(7)11-15/h8-11,14,20H,1-7H3. The molecule has 0 radical (unpaired) electrons. The number of benzene rings is 1. The fourth-order valence-corrected chi connectivity index (χ4v) is 4.14. The predicted octanol–water partition coefficient (Wildman–Crippen LogP) is 3.37. The second-order valence-corrected chi connectivity index (χ2v) is 9.14. The van der Waals surface area contributed by atoms with E-state index in [0.29, 0.717) is 4.90 Å². The average molecular weight is 350 g/mol. The minimum absolute atomic E-state index is 0.113. The van der Waals surface area contributed by atoms with Crippen LogP contribution in [0.2, 0.25) is 0 Å². The Balaban J connectivity index is 2.43. The highest BCUT2D eigenvalue weighted by molar-refractivity contribution is 7.89. The van der Waals surface area contributed by atoms with Crippen LogP contribution >= 0.6 is 0 Å². The first-order valence-electron chi connectivity index (χ1n) is 8.04. The molecule has 2 aromatic rings. The monoisotopic (exact) mass is 349 g/mol. The van der Waals surface area contributed by atoms with Crippen LogP contribution in [0, 0.1) is 13.8 Å². The summed E-state index contributed by atoms with van der Waals surface area (Å²) < 4.78 is 30.3. The number of rotatable bonds is 4. The maximum absolute atomic E-state index is 12.9. The molecule has 1 unspecified atom stereocenters. The van der Waals surface area contributed by atoms with E-state index >= 15 is 0 Å². The molecule has 0 saturated heterocycles. The fraction of sp³-hybridized carbons (Fsp3) is 0.500. The third kappa shape index (κ3) is 3.87. The summed E-state index contributed by atoms with van der Waals surface area (Å²) in [4.78, 5) is 0.350. The molecule has 132 valence electrons. The van der Waals surface area contributed by atoms with E-state index < -0.39 is 10.0 Å². The second-order valence-electron chi connectivity index (χ2n) is 7.46. The Hall–Kier alpha value is -1.66. The van der Waals surface area contributed by atoms with Crippen molar-refractivity contribution in [3.05, 3.63) is 46.8 Å². The highest BCUT2D eigenvalue weighted by Crippen LogP contribution is 2.29. The molecule has 24 heavy (non-hydrogen) atoms. The average Bonchev–Trinajstić information content (AvgIpc) is 2.86. The Labute approximate surface area is 145 Å². The van der Waals surface area contributed by atoms with Gasteiger partial charge in [-0.15, -0.1) is 0 Å². The van der Waals surface area contributed by atoms with E-state index in [-0.39, 0.29) is 11.5 Å². The topological polar surface area (TPSA) is 64.0 Å². The van der Waals surface area contributed by atoms with Gasteiger partial charge in [0.15, 0.2) is 0 Å². The summed E-state index contributed by atoms with van der Waals surface area (Å²) in [5.74, 6) is 0. The third-order valence-electron chi connectivity index (χ3n) is 4.33. The zero-order chi connectivity index (χ0) is 18.3. The van der Waals surface area contributed by atoms with Crippen molar-refractivity contribution in [1.82, 2.24) is 14.5 Å². The number of nitrogens with one attached hydrogen (secondary N) is 1. The molecule has 1 N–H and O–H groups in total. The molecular formula is C18H27N3O2S. The van der Waals surface area contributed by atoms with E-state index in [0.717, 1.165) is 22.3 Å². The van der Waals surface area contributed by atoms with E-state index in [9.17, 15) is 8.42 Å². The van der Waals surface area contributed by atoms with E-state index in [4.69, 9.17) is 0 Å². The summed E-state index contributed by atoms with van der Waals surface area (Å²) in [6.45, 7) is 11.9. The Kier molecular flexibility index (Phi) is 4.93. The lowest BCUT2D eigenvalue weighted by molar-refractivity contribution is 0.563. The molecule has 0 aliphatic rings. The van der Waals surface area contributed by atoms with Crippen molar-refractivity contribution < 1.29 is 8.42 Å². The van der Waals surface area contributed by atoms with Crippen molar-refractivity contribution in [3.8, 4) is 0 Å². The highest BCUT2D eigenvalue weighted by atomic mass is 32.2. The van der Waals surface area contributed by atoms with Gasteiger partial charge in [-0.25, -0.2) is 13.1 Å². The number of nitrogens with zero attached hydrogens (tertiary/aromatic N) is 2. The Morgan fingerprint density at radius 2 is 1.83 bits per heavy atom. The molecule has 1 heterocycles. The predicted molar refractivity (Wildman–Crippen MR) is 96.6 cm³/mol. The lowest BCUT2D eigenvalue weighted by Gasteiger charge is -2.23. The van der Waals surface area contributed by atoms with Crippen molar-refractivity contribution >= 4 is 10.0 Å². The smallest absolute Gasteiger partial charge is 0.241 e. The van der Waals surface area contributed by atoms with Crippen molar-refractivity contribution in [2.75, 3.05) is 0 Å². The summed E-state index contributed by atoms with van der Waals surface area (Å²) in [5.41, 5.74) is 3.51. The SMILES string of the molecule is Cc1cc(C(C)(C)C)cc(S(=O)(=O)NC(C)c2cnn(C)c2)c1C. The van der Waals surface area contributed by atoms with Gasteiger partial charge in [-0.05, 0) is 48.9 Å². The van der Waals surface area contributed by atoms with Crippen LogP contribution in [0.1, 0.15) is 56.0 Å². The molecule has 0 spiro atoms. The molecule has 0 saturated carbocycles. The zero-order valence-corrected chi connectivity index (χ0v) is 16.3. The van der Waals surface area contributed by atoms with E-state index in [1.54, 1.807) is 16.9 Å². The van der Waals surface area contributed by atoms with Gasteiger partial charge in [0.25, 0.3) is 0 Å².